The summed E-state index contributed by atoms with van der Waals surface area (Å²) in [6.07, 6.45) is 2.36. The molecule has 36 heavy (non-hydrogen) atoms. The number of aromatic nitrogens is 1. The number of primary sulfonamides is 1. The largest absolute Gasteiger partial charge is 0.507 e. The molecule has 1 fully saturated rings. The number of Topliss-reactive ketones (excluding diaryl/α,β-unsaturated/α-hetero) is 1. The van der Waals surface area contributed by atoms with Gasteiger partial charge < -0.3 is 9.84 Å². The molecular weight excluding hydrogens is 482 g/mol. The van der Waals surface area contributed by atoms with Crippen LogP contribution in [0.3, 0.4) is 0 Å². The molecule has 1 saturated heterocycles. The second kappa shape index (κ2) is 9.92. The van der Waals surface area contributed by atoms with Crippen LogP contribution in [0.25, 0.3) is 5.76 Å². The number of carbonyl (C=O) groups is 2. The number of ether oxygens (including phenoxy) is 1. The fourth-order valence-corrected chi connectivity index (χ4v) is 4.55. The van der Waals surface area contributed by atoms with E-state index in [0.717, 1.165) is 12.0 Å². The first-order valence-corrected chi connectivity index (χ1v) is 12.8. The zero-order valence-electron chi connectivity index (χ0n) is 19.7. The Morgan fingerprint density at radius 2 is 1.83 bits per heavy atom. The Morgan fingerprint density at radius 3 is 2.42 bits per heavy atom. The first-order chi connectivity index (χ1) is 17.1. The first-order valence-electron chi connectivity index (χ1n) is 11.2. The van der Waals surface area contributed by atoms with Gasteiger partial charge in [-0.25, -0.2) is 13.6 Å². The number of hydrogen-bond donors (Lipinski definition) is 2. The molecule has 1 aliphatic heterocycles. The van der Waals surface area contributed by atoms with Crippen LogP contribution in [-0.4, -0.2) is 36.8 Å². The van der Waals surface area contributed by atoms with Gasteiger partial charge in [0.15, 0.2) is 0 Å². The third-order valence-corrected chi connectivity index (χ3v) is 6.70. The van der Waals surface area contributed by atoms with E-state index in [2.05, 4.69) is 4.98 Å². The average Bonchev–Trinajstić information content (AvgIpc) is 3.13. The highest BCUT2D eigenvalue weighted by Crippen LogP contribution is 2.42. The standard InChI is InChI=1S/C26H25N3O6S/c1-3-14-35-21-12-7-17(15-16(21)2)24(30)22-23(20-6-4-5-13-28-20)29(26(32)25(22)31)18-8-10-19(11-9-18)36(27,33)34/h4-13,15,23,30H,3,14H2,1-2H3,(H2,27,33,34)/b24-22+. The van der Waals surface area contributed by atoms with E-state index >= 15 is 0 Å². The number of aliphatic hydroxyl groups excluding tert-OH is 1. The second-order valence-electron chi connectivity index (χ2n) is 8.29. The van der Waals surface area contributed by atoms with Crippen LogP contribution in [-0.2, 0) is 19.6 Å². The molecule has 3 aromatic rings. The van der Waals surface area contributed by atoms with E-state index in [4.69, 9.17) is 9.88 Å². The summed E-state index contributed by atoms with van der Waals surface area (Å²) < 4.78 is 29.0. The number of aliphatic hydroxyl groups is 1. The summed E-state index contributed by atoms with van der Waals surface area (Å²) in [4.78, 5) is 31.8. The summed E-state index contributed by atoms with van der Waals surface area (Å²) in [5.74, 6) is -1.46. The zero-order valence-corrected chi connectivity index (χ0v) is 20.5. The van der Waals surface area contributed by atoms with Gasteiger partial charge in [-0.2, -0.15) is 0 Å². The van der Waals surface area contributed by atoms with E-state index in [9.17, 15) is 23.1 Å². The second-order valence-corrected chi connectivity index (χ2v) is 9.85. The molecule has 10 heteroatoms. The van der Waals surface area contributed by atoms with Crippen LogP contribution in [0.1, 0.15) is 36.2 Å². The van der Waals surface area contributed by atoms with Crippen molar-refractivity contribution < 1.29 is 27.9 Å². The van der Waals surface area contributed by atoms with Crippen LogP contribution in [0, 0.1) is 6.92 Å². The number of nitrogens with zero attached hydrogens (tertiary/aromatic N) is 2. The number of anilines is 1. The van der Waals surface area contributed by atoms with E-state index in [0.29, 0.717) is 23.6 Å². The van der Waals surface area contributed by atoms with Crippen LogP contribution in [0.2, 0.25) is 0 Å². The molecule has 9 nitrogen and oxygen atoms in total. The van der Waals surface area contributed by atoms with E-state index < -0.39 is 27.8 Å². The number of ketones is 1. The Hall–Kier alpha value is -4.02. The third kappa shape index (κ3) is 4.73. The molecule has 3 N–H and O–H groups in total. The molecule has 0 radical (unpaired) electrons. The van der Waals surface area contributed by atoms with Crippen molar-refractivity contribution in [2.45, 2.75) is 31.2 Å². The minimum absolute atomic E-state index is 0.129. The molecule has 1 amide bonds. The number of rotatable bonds is 7. The summed E-state index contributed by atoms with van der Waals surface area (Å²) in [7, 11) is -3.95. The van der Waals surface area contributed by atoms with E-state index in [-0.39, 0.29) is 21.9 Å². The lowest BCUT2D eigenvalue weighted by molar-refractivity contribution is -0.132. The minimum atomic E-state index is -3.95. The topological polar surface area (TPSA) is 140 Å². The van der Waals surface area contributed by atoms with Gasteiger partial charge in [0.2, 0.25) is 10.0 Å². The Bertz CT molecular complexity index is 1450. The van der Waals surface area contributed by atoms with Gasteiger partial charge in [-0.3, -0.25) is 19.5 Å². The summed E-state index contributed by atoms with van der Waals surface area (Å²) >= 11 is 0. The van der Waals surface area contributed by atoms with Crippen molar-refractivity contribution in [3.8, 4) is 5.75 Å². The number of carbonyl (C=O) groups excluding carboxylic acids is 2. The minimum Gasteiger partial charge on any atom is -0.507 e. The summed E-state index contributed by atoms with van der Waals surface area (Å²) in [6.45, 7) is 4.36. The molecule has 0 bridgehead atoms. The summed E-state index contributed by atoms with van der Waals surface area (Å²) in [6, 6.07) is 14.3. The number of nitrogens with two attached hydrogens (primary N) is 1. The van der Waals surface area contributed by atoms with Crippen molar-refractivity contribution in [3.05, 3.63) is 89.3 Å². The monoisotopic (exact) mass is 507 g/mol. The van der Waals surface area contributed by atoms with Gasteiger partial charge in [-0.15, -0.1) is 0 Å². The maximum atomic E-state index is 13.2. The van der Waals surface area contributed by atoms with Crippen LogP contribution >= 0.6 is 0 Å². The fraction of sp³-hybridized carbons (Fsp3) is 0.192. The van der Waals surface area contributed by atoms with Crippen LogP contribution in [0.15, 0.2) is 77.3 Å². The molecular formula is C26H25N3O6S. The van der Waals surface area contributed by atoms with Crippen molar-refractivity contribution in [2.24, 2.45) is 5.14 Å². The van der Waals surface area contributed by atoms with Crippen molar-refractivity contribution in [1.82, 2.24) is 4.98 Å². The van der Waals surface area contributed by atoms with Crippen LogP contribution < -0.4 is 14.8 Å². The molecule has 0 saturated carbocycles. The normalized spacial score (nSPS) is 17.4. The zero-order chi connectivity index (χ0) is 26.0. The maximum absolute atomic E-state index is 13.2. The van der Waals surface area contributed by atoms with Crippen LogP contribution in [0.5, 0.6) is 5.75 Å². The Morgan fingerprint density at radius 1 is 1.11 bits per heavy atom. The number of benzene rings is 2. The van der Waals surface area contributed by atoms with E-state index in [1.165, 1.54) is 35.4 Å². The number of amides is 1. The van der Waals surface area contributed by atoms with Gasteiger partial charge in [0.25, 0.3) is 11.7 Å². The molecule has 0 aliphatic carbocycles. The van der Waals surface area contributed by atoms with Gasteiger partial charge in [0.1, 0.15) is 17.6 Å². The average molecular weight is 508 g/mol. The summed E-state index contributed by atoms with van der Waals surface area (Å²) in [5.41, 5.74) is 1.58. The first kappa shape index (κ1) is 25.1. The molecule has 1 unspecified atom stereocenters. The Labute approximate surface area is 208 Å². The highest BCUT2D eigenvalue weighted by Gasteiger charge is 2.47. The molecule has 186 valence electrons. The van der Waals surface area contributed by atoms with E-state index in [1.54, 1.807) is 36.4 Å². The Kier molecular flexibility index (Phi) is 6.91. The summed E-state index contributed by atoms with van der Waals surface area (Å²) in [5, 5.41) is 16.4. The molecule has 1 aliphatic rings. The molecule has 2 heterocycles. The molecule has 4 rings (SSSR count). The number of aryl methyl sites for hydroxylation is 1. The maximum Gasteiger partial charge on any atom is 0.300 e. The molecule has 2 aromatic carbocycles. The number of pyridine rings is 1. The quantitative estimate of drug-likeness (QED) is 0.284. The molecule has 0 spiro atoms. The SMILES string of the molecule is CCCOc1ccc(/C(O)=C2\C(=O)C(=O)N(c3ccc(S(N)(=O)=O)cc3)C2c2ccccn2)cc1C. The van der Waals surface area contributed by atoms with Gasteiger partial charge in [-0.1, -0.05) is 13.0 Å². The lowest BCUT2D eigenvalue weighted by Crippen LogP contribution is -2.29. The fourth-order valence-electron chi connectivity index (χ4n) is 4.04. The van der Waals surface area contributed by atoms with Crippen molar-refractivity contribution in [3.63, 3.8) is 0 Å². The van der Waals surface area contributed by atoms with Gasteiger partial charge in [0, 0.05) is 17.4 Å². The lowest BCUT2D eigenvalue weighted by atomic mass is 9.97. The Balaban J connectivity index is 1.85. The third-order valence-electron chi connectivity index (χ3n) is 5.77. The van der Waals surface area contributed by atoms with Crippen molar-refractivity contribution >= 4 is 33.2 Å². The predicted molar refractivity (Wildman–Crippen MR) is 134 cm³/mol. The van der Waals surface area contributed by atoms with E-state index in [1.807, 2.05) is 13.8 Å². The smallest absolute Gasteiger partial charge is 0.300 e. The highest BCUT2D eigenvalue weighted by molar-refractivity contribution is 7.89. The number of sulfonamides is 1. The number of hydrogen-bond acceptors (Lipinski definition) is 7. The predicted octanol–water partition coefficient (Wildman–Crippen LogP) is 3.45. The van der Waals surface area contributed by atoms with Crippen molar-refractivity contribution in [1.29, 1.82) is 0 Å². The van der Waals surface area contributed by atoms with Gasteiger partial charge in [-0.05, 0) is 73.5 Å². The van der Waals surface area contributed by atoms with Crippen LogP contribution in [0.4, 0.5) is 5.69 Å². The molecule has 1 aromatic heterocycles. The van der Waals surface area contributed by atoms with Gasteiger partial charge >= 0.3 is 0 Å². The highest BCUT2D eigenvalue weighted by atomic mass is 32.2. The van der Waals surface area contributed by atoms with Gasteiger partial charge in [0.05, 0.1) is 22.8 Å². The lowest BCUT2D eigenvalue weighted by Gasteiger charge is -2.24. The van der Waals surface area contributed by atoms with Crippen molar-refractivity contribution in [2.75, 3.05) is 11.5 Å². The molecule has 1 atom stereocenters.